The third-order valence-corrected chi connectivity index (χ3v) is 3.55. The Bertz CT molecular complexity index is 538. The second-order valence-electron chi connectivity index (χ2n) is 6.07. The van der Waals surface area contributed by atoms with Crippen LogP contribution in [0.3, 0.4) is 0 Å². The smallest absolute Gasteiger partial charge is 0.338 e. The fraction of sp³-hybridized carbons (Fsp3) is 0.556. The van der Waals surface area contributed by atoms with E-state index < -0.39 is 5.97 Å². The Hall–Kier alpha value is -1.88. The predicted octanol–water partition coefficient (Wildman–Crippen LogP) is 2.85. The van der Waals surface area contributed by atoms with Gasteiger partial charge in [0.25, 0.3) is 5.91 Å². The molecule has 0 aromatic heterocycles. The lowest BCUT2D eigenvalue weighted by atomic mass is 9.91. The Morgan fingerprint density at radius 1 is 1.13 bits per heavy atom. The van der Waals surface area contributed by atoms with Crippen molar-refractivity contribution in [2.75, 3.05) is 26.9 Å². The van der Waals surface area contributed by atoms with E-state index in [9.17, 15) is 9.59 Å². The van der Waals surface area contributed by atoms with Crippen LogP contribution in [0.1, 0.15) is 61.0 Å². The summed E-state index contributed by atoms with van der Waals surface area (Å²) >= 11 is 0. The van der Waals surface area contributed by atoms with Crippen molar-refractivity contribution in [1.82, 2.24) is 5.32 Å². The van der Waals surface area contributed by atoms with Crippen molar-refractivity contribution in [2.24, 2.45) is 0 Å². The number of esters is 1. The molecule has 128 valence electrons. The van der Waals surface area contributed by atoms with Gasteiger partial charge in [-0.3, -0.25) is 4.79 Å². The molecule has 0 aliphatic rings. The van der Waals surface area contributed by atoms with E-state index in [0.29, 0.717) is 24.6 Å². The standard InChI is InChI=1S/C18H27NO4/c1-12(2)14-6-7-15(16(10-14)13(3)4)18(21)23-11-17(20)19-8-9-22-5/h6-7,10,12-13H,8-9,11H2,1-5H3,(H,19,20). The topological polar surface area (TPSA) is 64.6 Å². The van der Waals surface area contributed by atoms with Crippen LogP contribution in [0.4, 0.5) is 0 Å². The third-order valence-electron chi connectivity index (χ3n) is 3.55. The normalized spacial score (nSPS) is 10.9. The van der Waals surface area contributed by atoms with Crippen molar-refractivity contribution >= 4 is 11.9 Å². The van der Waals surface area contributed by atoms with Crippen LogP contribution in [-0.4, -0.2) is 38.7 Å². The lowest BCUT2D eigenvalue weighted by Crippen LogP contribution is -2.31. The van der Waals surface area contributed by atoms with E-state index in [2.05, 4.69) is 19.2 Å². The highest BCUT2D eigenvalue weighted by Gasteiger charge is 2.17. The van der Waals surface area contributed by atoms with Crippen molar-refractivity contribution in [2.45, 2.75) is 39.5 Å². The van der Waals surface area contributed by atoms with Gasteiger partial charge in [-0.15, -0.1) is 0 Å². The summed E-state index contributed by atoms with van der Waals surface area (Å²) in [6.07, 6.45) is 0. The van der Waals surface area contributed by atoms with Gasteiger partial charge in [-0.05, 0) is 29.0 Å². The lowest BCUT2D eigenvalue weighted by molar-refractivity contribution is -0.124. The molecule has 1 N–H and O–H groups in total. The second kappa shape index (κ2) is 9.30. The van der Waals surface area contributed by atoms with E-state index in [1.807, 2.05) is 26.0 Å². The maximum absolute atomic E-state index is 12.3. The Labute approximate surface area is 138 Å². The molecular formula is C18H27NO4. The monoisotopic (exact) mass is 321 g/mol. The number of amides is 1. The third kappa shape index (κ3) is 6.02. The van der Waals surface area contributed by atoms with E-state index in [-0.39, 0.29) is 18.4 Å². The summed E-state index contributed by atoms with van der Waals surface area (Å²) in [6, 6.07) is 5.77. The highest BCUT2D eigenvalue weighted by Crippen LogP contribution is 2.25. The lowest BCUT2D eigenvalue weighted by Gasteiger charge is -2.15. The first-order valence-corrected chi connectivity index (χ1v) is 7.93. The number of carbonyl (C=O) groups is 2. The summed E-state index contributed by atoms with van der Waals surface area (Å²) in [4.78, 5) is 23.8. The average molecular weight is 321 g/mol. The SMILES string of the molecule is COCCNC(=O)COC(=O)c1ccc(C(C)C)cc1C(C)C. The Kier molecular flexibility index (Phi) is 7.75. The summed E-state index contributed by atoms with van der Waals surface area (Å²) in [5.74, 6) is -0.206. The van der Waals surface area contributed by atoms with Gasteiger partial charge in [0, 0.05) is 13.7 Å². The summed E-state index contributed by atoms with van der Waals surface area (Å²) in [7, 11) is 1.56. The number of hydrogen-bond donors (Lipinski definition) is 1. The molecule has 0 saturated carbocycles. The first-order chi connectivity index (χ1) is 10.9. The van der Waals surface area contributed by atoms with Gasteiger partial charge in [-0.1, -0.05) is 39.8 Å². The second-order valence-corrected chi connectivity index (χ2v) is 6.07. The minimum absolute atomic E-state index is 0.201. The summed E-state index contributed by atoms with van der Waals surface area (Å²) in [6.45, 7) is 8.83. The molecule has 0 bridgehead atoms. The van der Waals surface area contributed by atoms with Crippen LogP contribution < -0.4 is 5.32 Å². The van der Waals surface area contributed by atoms with Crippen molar-refractivity contribution in [3.8, 4) is 0 Å². The predicted molar refractivity (Wildman–Crippen MR) is 89.8 cm³/mol. The number of rotatable bonds is 8. The van der Waals surface area contributed by atoms with Crippen molar-refractivity contribution in [1.29, 1.82) is 0 Å². The van der Waals surface area contributed by atoms with Crippen LogP contribution in [0, 0.1) is 0 Å². The average Bonchev–Trinajstić information content (AvgIpc) is 2.52. The Morgan fingerprint density at radius 2 is 1.83 bits per heavy atom. The van der Waals surface area contributed by atoms with Crippen LogP contribution in [-0.2, 0) is 14.3 Å². The Morgan fingerprint density at radius 3 is 2.39 bits per heavy atom. The molecule has 0 saturated heterocycles. The summed E-state index contributed by atoms with van der Waals surface area (Å²) in [5, 5.41) is 2.61. The zero-order valence-corrected chi connectivity index (χ0v) is 14.6. The zero-order valence-electron chi connectivity index (χ0n) is 14.6. The van der Waals surface area contributed by atoms with Gasteiger partial charge in [0.2, 0.25) is 0 Å². The molecule has 0 heterocycles. The van der Waals surface area contributed by atoms with Gasteiger partial charge in [0.15, 0.2) is 6.61 Å². The molecule has 1 aromatic carbocycles. The van der Waals surface area contributed by atoms with Gasteiger partial charge in [-0.2, -0.15) is 0 Å². The molecule has 0 radical (unpaired) electrons. The molecule has 5 nitrogen and oxygen atoms in total. The van der Waals surface area contributed by atoms with E-state index in [1.165, 1.54) is 5.56 Å². The largest absolute Gasteiger partial charge is 0.452 e. The number of ether oxygens (including phenoxy) is 2. The van der Waals surface area contributed by atoms with Crippen LogP contribution >= 0.6 is 0 Å². The van der Waals surface area contributed by atoms with Gasteiger partial charge in [0.1, 0.15) is 0 Å². The number of methoxy groups -OCH3 is 1. The van der Waals surface area contributed by atoms with Crippen LogP contribution in [0.15, 0.2) is 18.2 Å². The highest BCUT2D eigenvalue weighted by atomic mass is 16.5. The molecule has 23 heavy (non-hydrogen) atoms. The molecular weight excluding hydrogens is 294 g/mol. The first-order valence-electron chi connectivity index (χ1n) is 7.93. The van der Waals surface area contributed by atoms with E-state index >= 15 is 0 Å². The zero-order chi connectivity index (χ0) is 17.4. The molecule has 0 fully saturated rings. The number of carbonyl (C=O) groups excluding carboxylic acids is 2. The quantitative estimate of drug-likeness (QED) is 0.591. The van der Waals surface area contributed by atoms with Gasteiger partial charge in [0.05, 0.1) is 12.2 Å². The number of hydrogen-bond acceptors (Lipinski definition) is 4. The van der Waals surface area contributed by atoms with Crippen LogP contribution in [0.5, 0.6) is 0 Å². The number of benzene rings is 1. The maximum atomic E-state index is 12.3. The molecule has 0 aliphatic heterocycles. The molecule has 0 spiro atoms. The van der Waals surface area contributed by atoms with E-state index in [4.69, 9.17) is 9.47 Å². The van der Waals surface area contributed by atoms with Crippen LogP contribution in [0.2, 0.25) is 0 Å². The minimum Gasteiger partial charge on any atom is -0.452 e. The fourth-order valence-electron chi connectivity index (χ4n) is 2.16. The molecule has 0 atom stereocenters. The maximum Gasteiger partial charge on any atom is 0.338 e. The van der Waals surface area contributed by atoms with Crippen molar-refractivity contribution < 1.29 is 19.1 Å². The van der Waals surface area contributed by atoms with E-state index in [0.717, 1.165) is 5.56 Å². The highest BCUT2D eigenvalue weighted by molar-refractivity contribution is 5.93. The van der Waals surface area contributed by atoms with Crippen molar-refractivity contribution in [3.63, 3.8) is 0 Å². The molecule has 1 aromatic rings. The van der Waals surface area contributed by atoms with Crippen LogP contribution in [0.25, 0.3) is 0 Å². The summed E-state index contributed by atoms with van der Waals surface area (Å²) < 4.78 is 9.96. The van der Waals surface area contributed by atoms with Crippen molar-refractivity contribution in [3.05, 3.63) is 34.9 Å². The van der Waals surface area contributed by atoms with Gasteiger partial charge in [-0.25, -0.2) is 4.79 Å². The first kappa shape index (κ1) is 19.2. The van der Waals surface area contributed by atoms with E-state index in [1.54, 1.807) is 13.2 Å². The summed E-state index contributed by atoms with van der Waals surface area (Å²) in [5.41, 5.74) is 2.65. The fourth-order valence-corrected chi connectivity index (χ4v) is 2.16. The molecule has 1 amide bonds. The van der Waals surface area contributed by atoms with Gasteiger partial charge >= 0.3 is 5.97 Å². The molecule has 0 aliphatic carbocycles. The minimum atomic E-state index is -0.467. The molecule has 0 unspecified atom stereocenters. The molecule has 1 rings (SSSR count). The number of nitrogens with one attached hydrogen (secondary N) is 1. The van der Waals surface area contributed by atoms with Gasteiger partial charge < -0.3 is 14.8 Å². The Balaban J connectivity index is 2.74. The molecule has 5 heteroatoms.